The van der Waals surface area contributed by atoms with Gasteiger partial charge in [0.2, 0.25) is 6.20 Å². The smallest absolute Gasteiger partial charge is 0.387 e. The number of fused-ring (bicyclic) bond motifs is 3. The lowest BCUT2D eigenvalue weighted by Crippen LogP contribution is -2.52. The summed E-state index contributed by atoms with van der Waals surface area (Å²) in [6, 6.07) is 13.9. The number of hydrogen-bond donors (Lipinski definition) is 3. The summed E-state index contributed by atoms with van der Waals surface area (Å²) in [7, 11) is -1.87. The lowest BCUT2D eigenvalue weighted by atomic mass is 10.1. The number of pyridine rings is 1. The van der Waals surface area contributed by atoms with Crippen LogP contribution in [0.15, 0.2) is 54.9 Å². The average molecular weight is 295 g/mol. The van der Waals surface area contributed by atoms with Crippen molar-refractivity contribution in [3.63, 3.8) is 0 Å². The largest absolute Gasteiger partial charge is 0.771 e. The zero-order valence-electron chi connectivity index (χ0n) is 11.7. The van der Waals surface area contributed by atoms with Crippen LogP contribution >= 0.6 is 0 Å². The molecule has 4 rings (SSSR count). The van der Waals surface area contributed by atoms with Crippen molar-refractivity contribution in [3.8, 4) is 22.8 Å². The summed E-state index contributed by atoms with van der Waals surface area (Å²) in [5.74, 6) is 0.870. The Balaban J connectivity index is 1.84. The van der Waals surface area contributed by atoms with Crippen molar-refractivity contribution in [2.24, 2.45) is 0 Å². The van der Waals surface area contributed by atoms with Crippen molar-refractivity contribution in [2.75, 3.05) is 0 Å². The van der Waals surface area contributed by atoms with E-state index in [2.05, 4.69) is 21.7 Å². The van der Waals surface area contributed by atoms with E-state index in [0.29, 0.717) is 6.54 Å². The fourth-order valence-corrected chi connectivity index (χ4v) is 2.90. The normalized spacial score (nSPS) is 11.9. The van der Waals surface area contributed by atoms with Gasteiger partial charge in [-0.3, -0.25) is 4.76 Å². The van der Waals surface area contributed by atoms with E-state index in [1.54, 1.807) is 6.20 Å². The molecule has 0 radical (unpaired) electrons. The maximum atomic E-state index is 9.06. The highest BCUT2D eigenvalue weighted by Crippen LogP contribution is 2.25. The van der Waals surface area contributed by atoms with Gasteiger partial charge in [0.25, 0.3) is 0 Å². The predicted molar refractivity (Wildman–Crippen MR) is 77.9 cm³/mol. The summed E-state index contributed by atoms with van der Waals surface area (Å²) >= 11 is 0. The molecule has 0 atom stereocenters. The van der Waals surface area contributed by atoms with Gasteiger partial charge in [0.15, 0.2) is 5.69 Å². The average Bonchev–Trinajstić information content (AvgIpc) is 3.06. The van der Waals surface area contributed by atoms with Crippen LogP contribution in [-0.4, -0.2) is 22.4 Å². The molecule has 0 spiro atoms. The van der Waals surface area contributed by atoms with Gasteiger partial charge in [0, 0.05) is 16.4 Å². The Morgan fingerprint density at radius 2 is 1.91 bits per heavy atom. The fourth-order valence-electron chi connectivity index (χ4n) is 2.90. The maximum absolute atomic E-state index is 9.06. The third-order valence-corrected chi connectivity index (χ3v) is 3.78. The van der Waals surface area contributed by atoms with E-state index in [-0.39, 0.29) is 0 Å². The van der Waals surface area contributed by atoms with Gasteiger partial charge >= 0.3 is 18.8 Å². The number of aromatic nitrogens is 3. The van der Waals surface area contributed by atoms with Crippen LogP contribution in [0.2, 0.25) is 0 Å². The summed E-state index contributed by atoms with van der Waals surface area (Å²) in [6.45, 7) is 0.699. The van der Waals surface area contributed by atoms with Crippen LogP contribution in [0, 0.1) is 0 Å². The molecule has 0 aliphatic carbocycles. The second-order valence-electron chi connectivity index (χ2n) is 5.11. The van der Waals surface area contributed by atoms with Gasteiger partial charge in [-0.2, -0.15) is 0 Å². The molecule has 108 valence electrons. The lowest BCUT2D eigenvalue weighted by molar-refractivity contribution is -0.858. The maximum Gasteiger partial charge on any atom is 0.771 e. The van der Waals surface area contributed by atoms with Crippen LogP contribution in [0.1, 0.15) is 5.56 Å². The fraction of sp³-hybridized carbons (Fsp3) is 0.0667. The molecule has 0 saturated heterocycles. The molecular weight excluding hydrogens is 281 g/mol. The third kappa shape index (κ3) is 1.99. The number of hydrogen-bond acceptors (Lipinski definition) is 3. The highest BCUT2D eigenvalue weighted by Gasteiger charge is 2.40. The summed E-state index contributed by atoms with van der Waals surface area (Å²) in [5, 5.41) is 18.1. The van der Waals surface area contributed by atoms with Crippen LogP contribution in [0.25, 0.3) is 22.8 Å². The number of rotatable bonds is 3. The Kier molecular flexibility index (Phi) is 2.95. The molecule has 0 bridgehead atoms. The first-order valence-corrected chi connectivity index (χ1v) is 6.98. The van der Waals surface area contributed by atoms with Gasteiger partial charge in [-0.05, 0) is 6.07 Å². The molecule has 22 heavy (non-hydrogen) atoms. The second-order valence-corrected chi connectivity index (χ2v) is 5.11. The number of imidazole rings is 1. The first-order chi connectivity index (χ1) is 10.7. The third-order valence-electron chi connectivity index (χ3n) is 3.78. The molecule has 1 aliphatic heterocycles. The number of aromatic amines is 1. The molecule has 3 aromatic rings. The zero-order valence-corrected chi connectivity index (χ0v) is 11.7. The van der Waals surface area contributed by atoms with Crippen molar-refractivity contribution in [2.45, 2.75) is 6.54 Å². The van der Waals surface area contributed by atoms with E-state index in [9.17, 15) is 0 Å². The molecule has 1 aromatic carbocycles. The molecule has 0 unspecified atom stereocenters. The quantitative estimate of drug-likeness (QED) is 0.358. The Morgan fingerprint density at radius 1 is 1.09 bits per heavy atom. The van der Waals surface area contributed by atoms with Gasteiger partial charge in [-0.1, -0.05) is 30.3 Å². The summed E-state index contributed by atoms with van der Waals surface area (Å²) in [4.78, 5) is 3.25. The van der Waals surface area contributed by atoms with Crippen molar-refractivity contribution < 1.29 is 24.1 Å². The van der Waals surface area contributed by atoms with Gasteiger partial charge < -0.3 is 10.0 Å². The van der Waals surface area contributed by atoms with E-state index >= 15 is 0 Å². The van der Waals surface area contributed by atoms with Crippen molar-refractivity contribution in [1.82, 2.24) is 4.98 Å². The molecule has 6 nitrogen and oxygen atoms in total. The molecular formula is C15H14BN3O3+2. The molecule has 3 N–H and O–H groups in total. The van der Waals surface area contributed by atoms with E-state index in [1.807, 2.05) is 36.5 Å². The molecule has 3 heterocycles. The first kappa shape index (κ1) is 13.1. The van der Waals surface area contributed by atoms with Crippen LogP contribution < -0.4 is 14.1 Å². The highest BCUT2D eigenvalue weighted by atomic mass is 16.7. The molecule has 0 fully saturated rings. The van der Waals surface area contributed by atoms with Crippen LogP contribution in [0.4, 0.5) is 0 Å². The highest BCUT2D eigenvalue weighted by molar-refractivity contribution is 6.32. The SMILES string of the molecule is OB(O)O[n+]1cccc2c1-c1[nH]cc(-c3ccccc3)[n+]1C2. The van der Waals surface area contributed by atoms with E-state index in [4.69, 9.17) is 14.8 Å². The summed E-state index contributed by atoms with van der Waals surface area (Å²) < 4.78 is 8.54. The zero-order chi connectivity index (χ0) is 15.1. The Morgan fingerprint density at radius 3 is 2.68 bits per heavy atom. The Hall–Kier alpha value is -2.64. The first-order valence-electron chi connectivity index (χ1n) is 6.98. The van der Waals surface area contributed by atoms with E-state index in [1.165, 1.54) is 4.73 Å². The minimum Gasteiger partial charge on any atom is -0.387 e. The standard InChI is InChI=1S/C15H13BN3O3/c20-16(21)22-19-8-4-7-12-10-18-13(9-17-15(18)14(12)19)11-5-2-1-3-6-11/h1-9,20-21H,10H2/q+1/p+1. The number of nitrogens with one attached hydrogen (secondary N) is 1. The number of nitrogens with zero attached hydrogens (tertiary/aromatic N) is 2. The van der Waals surface area contributed by atoms with Crippen LogP contribution in [-0.2, 0) is 6.54 Å². The lowest BCUT2D eigenvalue weighted by Gasteiger charge is -1.98. The Labute approximate surface area is 127 Å². The molecule has 0 amide bonds. The monoisotopic (exact) mass is 295 g/mol. The van der Waals surface area contributed by atoms with Gasteiger partial charge in [0.1, 0.15) is 12.7 Å². The molecule has 1 aliphatic rings. The van der Waals surface area contributed by atoms with Crippen LogP contribution in [0.3, 0.4) is 0 Å². The van der Waals surface area contributed by atoms with Gasteiger partial charge in [-0.15, -0.1) is 0 Å². The topological polar surface area (TPSA) is 73.2 Å². The van der Waals surface area contributed by atoms with Crippen LogP contribution in [0.5, 0.6) is 0 Å². The van der Waals surface area contributed by atoms with Crippen molar-refractivity contribution in [1.29, 1.82) is 0 Å². The predicted octanol–water partition coefficient (Wildman–Crippen LogP) is -0.316. The summed E-state index contributed by atoms with van der Waals surface area (Å²) in [6.07, 6.45) is 3.59. The molecule has 7 heteroatoms. The van der Waals surface area contributed by atoms with Crippen molar-refractivity contribution in [3.05, 3.63) is 60.4 Å². The number of H-pyrrole nitrogens is 1. The molecule has 2 aromatic heterocycles. The Bertz CT molecular complexity index is 833. The van der Waals surface area contributed by atoms with Crippen molar-refractivity contribution >= 4 is 7.32 Å². The summed E-state index contributed by atoms with van der Waals surface area (Å²) in [5.41, 5.74) is 4.03. The van der Waals surface area contributed by atoms with Gasteiger partial charge in [-0.25, -0.2) is 9.55 Å². The van der Waals surface area contributed by atoms with E-state index in [0.717, 1.165) is 28.3 Å². The number of benzene rings is 1. The van der Waals surface area contributed by atoms with E-state index < -0.39 is 7.32 Å². The minimum absolute atomic E-state index is 0.699. The van der Waals surface area contributed by atoms with Gasteiger partial charge in [0.05, 0.1) is 5.56 Å². The minimum atomic E-state index is -1.87. The second kappa shape index (κ2) is 4.97. The molecule has 0 saturated carbocycles.